The molecule has 0 fully saturated rings. The van der Waals surface area contributed by atoms with Gasteiger partial charge in [0.25, 0.3) is 0 Å². The number of aromatic nitrogens is 2. The number of carbonyl (C=O) groups is 2. The number of unbranched alkanes of at least 4 members (excludes halogenated alkanes) is 1. The number of hydrogen-bond donors (Lipinski definition) is 2. The molecular weight excluding hydrogens is 511 g/mol. The number of hydrogen-bond acceptors (Lipinski definition) is 4. The molecule has 0 spiro atoms. The van der Waals surface area contributed by atoms with Crippen molar-refractivity contribution < 1.29 is 9.59 Å². The number of urea groups is 1. The van der Waals surface area contributed by atoms with Crippen LogP contribution in [0.2, 0.25) is 10.0 Å². The number of rotatable bonds is 8. The average molecular weight is 541 g/mol. The molecule has 0 aliphatic carbocycles. The van der Waals surface area contributed by atoms with Gasteiger partial charge in [0, 0.05) is 23.7 Å². The molecule has 0 aliphatic rings. The Morgan fingerprint density at radius 1 is 1.08 bits per heavy atom. The Morgan fingerprint density at radius 3 is 2.49 bits per heavy atom. The second-order valence-electron chi connectivity index (χ2n) is 9.62. The van der Waals surface area contributed by atoms with Gasteiger partial charge in [-0.25, -0.2) is 9.48 Å². The SMILES string of the molecule is CCCCN(CC(=O)Nc1cc(C(C)(C)C)nn1-c1ccc(Cl)c(Cl)c1)C(=O)Nc1cccc(C#N)c1. The van der Waals surface area contributed by atoms with E-state index in [1.807, 2.05) is 39.8 Å². The van der Waals surface area contributed by atoms with Gasteiger partial charge in [-0.3, -0.25) is 4.79 Å². The highest BCUT2D eigenvalue weighted by molar-refractivity contribution is 6.42. The Bertz CT molecular complexity index is 1320. The molecule has 3 rings (SSSR count). The largest absolute Gasteiger partial charge is 0.322 e. The van der Waals surface area contributed by atoms with E-state index in [1.165, 1.54) is 4.90 Å². The van der Waals surface area contributed by atoms with E-state index in [4.69, 9.17) is 33.6 Å². The fraction of sp³-hybridized carbons (Fsp3) is 0.333. The first kappa shape index (κ1) is 28.0. The molecule has 0 atom stereocenters. The van der Waals surface area contributed by atoms with Crippen LogP contribution in [0, 0.1) is 11.3 Å². The highest BCUT2D eigenvalue weighted by Gasteiger charge is 2.23. The van der Waals surface area contributed by atoms with Gasteiger partial charge in [-0.1, -0.05) is 63.4 Å². The van der Waals surface area contributed by atoms with E-state index >= 15 is 0 Å². The summed E-state index contributed by atoms with van der Waals surface area (Å²) in [5, 5.41) is 20.3. The average Bonchev–Trinajstić information content (AvgIpc) is 3.27. The summed E-state index contributed by atoms with van der Waals surface area (Å²) < 4.78 is 1.60. The molecule has 3 amide bonds. The van der Waals surface area contributed by atoms with E-state index in [-0.39, 0.29) is 17.9 Å². The molecule has 2 aromatic carbocycles. The number of halogens is 2. The molecule has 0 unspecified atom stereocenters. The van der Waals surface area contributed by atoms with Crippen LogP contribution in [-0.2, 0) is 10.2 Å². The summed E-state index contributed by atoms with van der Waals surface area (Å²) in [6, 6.07) is 15.2. The molecule has 1 heterocycles. The molecule has 194 valence electrons. The smallest absolute Gasteiger partial charge is 0.315 e. The van der Waals surface area contributed by atoms with Crippen LogP contribution < -0.4 is 10.6 Å². The van der Waals surface area contributed by atoms with Crippen molar-refractivity contribution in [1.82, 2.24) is 14.7 Å². The van der Waals surface area contributed by atoms with E-state index in [1.54, 1.807) is 47.1 Å². The van der Waals surface area contributed by atoms with Gasteiger partial charge in [0.15, 0.2) is 0 Å². The fourth-order valence-corrected chi connectivity index (χ4v) is 3.77. The lowest BCUT2D eigenvalue weighted by Crippen LogP contribution is -2.41. The van der Waals surface area contributed by atoms with E-state index in [0.717, 1.165) is 18.5 Å². The van der Waals surface area contributed by atoms with Crippen LogP contribution in [0.3, 0.4) is 0 Å². The van der Waals surface area contributed by atoms with Crippen LogP contribution in [0.4, 0.5) is 16.3 Å². The number of nitrogens with one attached hydrogen (secondary N) is 2. The standard InChI is InChI=1S/C27H30Cl2N6O2/c1-5-6-12-34(26(37)31-19-9-7-8-18(13-19)16-30)17-25(36)32-24-15-23(27(2,3)4)33-35(24)20-10-11-21(28)22(29)14-20/h7-11,13-15H,5-6,12,17H2,1-4H3,(H,31,37)(H,32,36). The molecule has 10 heteroatoms. The summed E-state index contributed by atoms with van der Waals surface area (Å²) >= 11 is 12.3. The van der Waals surface area contributed by atoms with Crippen molar-refractivity contribution in [3.8, 4) is 11.8 Å². The number of amides is 3. The molecule has 0 aliphatic heterocycles. The van der Waals surface area contributed by atoms with Crippen LogP contribution in [0.5, 0.6) is 0 Å². The first-order valence-corrected chi connectivity index (χ1v) is 12.7. The quantitative estimate of drug-likeness (QED) is 0.335. The van der Waals surface area contributed by atoms with Crippen molar-refractivity contribution in [3.63, 3.8) is 0 Å². The molecule has 2 N–H and O–H groups in total. The minimum absolute atomic E-state index is 0.165. The van der Waals surface area contributed by atoms with Gasteiger partial charge in [-0.05, 0) is 42.8 Å². The number of nitrogens with zero attached hydrogens (tertiary/aromatic N) is 4. The molecule has 3 aromatic rings. The Hall–Kier alpha value is -3.54. The molecule has 1 aromatic heterocycles. The highest BCUT2D eigenvalue weighted by atomic mass is 35.5. The predicted octanol–water partition coefficient (Wildman–Crippen LogP) is 6.62. The van der Waals surface area contributed by atoms with Crippen LogP contribution >= 0.6 is 23.2 Å². The van der Waals surface area contributed by atoms with Crippen LogP contribution in [-0.4, -0.2) is 39.7 Å². The summed E-state index contributed by atoms with van der Waals surface area (Å²) in [6.07, 6.45) is 1.59. The van der Waals surface area contributed by atoms with Crippen molar-refractivity contribution in [3.05, 3.63) is 69.8 Å². The maximum Gasteiger partial charge on any atom is 0.322 e. The second kappa shape index (κ2) is 12.1. The van der Waals surface area contributed by atoms with Gasteiger partial charge in [0.1, 0.15) is 12.4 Å². The van der Waals surface area contributed by atoms with Crippen LogP contribution in [0.25, 0.3) is 5.69 Å². The van der Waals surface area contributed by atoms with Gasteiger partial charge in [-0.2, -0.15) is 10.4 Å². The third-order valence-corrected chi connectivity index (χ3v) is 6.28. The van der Waals surface area contributed by atoms with E-state index in [0.29, 0.717) is 39.3 Å². The molecule has 0 saturated heterocycles. The van der Waals surface area contributed by atoms with E-state index in [9.17, 15) is 9.59 Å². The van der Waals surface area contributed by atoms with Gasteiger partial charge in [0.2, 0.25) is 5.91 Å². The lowest BCUT2D eigenvalue weighted by atomic mass is 9.92. The van der Waals surface area contributed by atoms with Crippen LogP contribution in [0.1, 0.15) is 51.8 Å². The topological polar surface area (TPSA) is 103 Å². The molecule has 0 saturated carbocycles. The van der Waals surface area contributed by atoms with Crippen LogP contribution in [0.15, 0.2) is 48.5 Å². The third kappa shape index (κ3) is 7.48. The third-order valence-electron chi connectivity index (χ3n) is 5.54. The molecule has 0 bridgehead atoms. The van der Waals surface area contributed by atoms with Crippen molar-refractivity contribution in [2.45, 2.75) is 46.0 Å². The first-order valence-electron chi connectivity index (χ1n) is 11.9. The molecular formula is C27H30Cl2N6O2. The maximum atomic E-state index is 13.1. The zero-order valence-corrected chi connectivity index (χ0v) is 22.8. The number of anilines is 2. The van der Waals surface area contributed by atoms with Crippen molar-refractivity contribution in [2.75, 3.05) is 23.7 Å². The first-order chi connectivity index (χ1) is 17.5. The Labute approximate surface area is 227 Å². The molecule has 0 radical (unpaired) electrons. The second-order valence-corrected chi connectivity index (χ2v) is 10.4. The Morgan fingerprint density at radius 2 is 1.84 bits per heavy atom. The normalized spacial score (nSPS) is 11.1. The van der Waals surface area contributed by atoms with Crippen molar-refractivity contribution >= 4 is 46.6 Å². The van der Waals surface area contributed by atoms with Gasteiger partial charge >= 0.3 is 6.03 Å². The summed E-state index contributed by atoms with van der Waals surface area (Å²) in [7, 11) is 0. The lowest BCUT2D eigenvalue weighted by molar-refractivity contribution is -0.116. The summed E-state index contributed by atoms with van der Waals surface area (Å²) in [6.45, 7) is 8.32. The van der Waals surface area contributed by atoms with Crippen molar-refractivity contribution in [2.24, 2.45) is 0 Å². The summed E-state index contributed by atoms with van der Waals surface area (Å²) in [5.74, 6) is 0.0737. The molecule has 37 heavy (non-hydrogen) atoms. The van der Waals surface area contributed by atoms with E-state index in [2.05, 4.69) is 10.6 Å². The zero-order chi connectivity index (χ0) is 27.2. The van der Waals surface area contributed by atoms with E-state index < -0.39 is 6.03 Å². The summed E-state index contributed by atoms with van der Waals surface area (Å²) in [4.78, 5) is 27.6. The lowest BCUT2D eigenvalue weighted by Gasteiger charge is -2.22. The maximum absolute atomic E-state index is 13.1. The molecule has 8 nitrogen and oxygen atoms in total. The number of nitriles is 1. The predicted molar refractivity (Wildman–Crippen MR) is 148 cm³/mol. The van der Waals surface area contributed by atoms with Gasteiger partial charge in [0.05, 0.1) is 33.1 Å². The number of benzene rings is 2. The van der Waals surface area contributed by atoms with Gasteiger partial charge < -0.3 is 15.5 Å². The zero-order valence-electron chi connectivity index (χ0n) is 21.3. The monoisotopic (exact) mass is 540 g/mol. The minimum atomic E-state index is -0.424. The van der Waals surface area contributed by atoms with Gasteiger partial charge in [-0.15, -0.1) is 0 Å². The number of carbonyl (C=O) groups excluding carboxylic acids is 2. The fourth-order valence-electron chi connectivity index (χ4n) is 3.48. The highest BCUT2D eigenvalue weighted by Crippen LogP contribution is 2.29. The minimum Gasteiger partial charge on any atom is -0.315 e. The Kier molecular flexibility index (Phi) is 9.19. The van der Waals surface area contributed by atoms with Crippen molar-refractivity contribution in [1.29, 1.82) is 5.26 Å². The Balaban J connectivity index is 1.83. The summed E-state index contributed by atoms with van der Waals surface area (Å²) in [5.41, 5.74) is 2.05.